The minimum Gasteiger partial charge on any atom is -0.542 e. The van der Waals surface area contributed by atoms with Crippen LogP contribution < -0.4 is 0 Å². The van der Waals surface area contributed by atoms with Crippen molar-refractivity contribution in [3.05, 3.63) is 0 Å². The maximum atomic E-state index is 9.05. The first kappa shape index (κ1) is 9.00. The number of carbonyl (C=O) groups excluding carboxylic acids is 1. The van der Waals surface area contributed by atoms with Crippen LogP contribution in [0.5, 0.6) is 0 Å². The SMILES string of the molecule is CC[C-]=O.[Rh]. The number of hydrogen-bond acceptors (Lipinski definition) is 1. The summed E-state index contributed by atoms with van der Waals surface area (Å²) in [5, 5.41) is 0. The Balaban J connectivity index is 0. The van der Waals surface area contributed by atoms with Gasteiger partial charge >= 0.3 is 0 Å². The van der Waals surface area contributed by atoms with Crippen molar-refractivity contribution in [3.8, 4) is 0 Å². The topological polar surface area (TPSA) is 17.1 Å². The smallest absolute Gasteiger partial charge is 0 e. The average molecular weight is 160 g/mol. The van der Waals surface area contributed by atoms with E-state index in [4.69, 9.17) is 4.79 Å². The molecular weight excluding hydrogens is 155 g/mol. The zero-order valence-corrected chi connectivity index (χ0v) is 4.59. The maximum Gasteiger partial charge on any atom is 0 e. The number of hydrogen-bond donors (Lipinski definition) is 0. The summed E-state index contributed by atoms with van der Waals surface area (Å²) in [6, 6.07) is 0. The second-order valence-corrected chi connectivity index (χ2v) is 0.498. The molecule has 0 spiro atoms. The van der Waals surface area contributed by atoms with Crippen LogP contribution >= 0.6 is 0 Å². The zero-order valence-electron chi connectivity index (χ0n) is 2.95. The van der Waals surface area contributed by atoms with Crippen molar-refractivity contribution in [2.24, 2.45) is 0 Å². The summed E-state index contributed by atoms with van der Waals surface area (Å²) in [7, 11) is 0. The van der Waals surface area contributed by atoms with Crippen LogP contribution in [0.3, 0.4) is 0 Å². The molecule has 1 radical (unpaired) electrons. The first-order valence-electron chi connectivity index (χ1n) is 1.26. The van der Waals surface area contributed by atoms with Crippen molar-refractivity contribution in [1.29, 1.82) is 0 Å². The fraction of sp³-hybridized carbons (Fsp3) is 0.667. The van der Waals surface area contributed by atoms with Crippen molar-refractivity contribution in [2.45, 2.75) is 13.3 Å². The summed E-state index contributed by atoms with van der Waals surface area (Å²) in [6.45, 7) is 1.76. The van der Waals surface area contributed by atoms with E-state index in [0.29, 0.717) is 6.42 Å². The first-order chi connectivity index (χ1) is 1.91. The van der Waals surface area contributed by atoms with Crippen LogP contribution in [-0.4, -0.2) is 6.29 Å². The van der Waals surface area contributed by atoms with E-state index >= 15 is 0 Å². The van der Waals surface area contributed by atoms with E-state index in [-0.39, 0.29) is 19.5 Å². The molecule has 0 saturated carbocycles. The summed E-state index contributed by atoms with van der Waals surface area (Å²) in [6.07, 6.45) is 2.19. The zero-order chi connectivity index (χ0) is 3.41. The third kappa shape index (κ3) is 13.5. The summed E-state index contributed by atoms with van der Waals surface area (Å²) in [5.74, 6) is 0. The Morgan fingerprint density at radius 1 is 1.80 bits per heavy atom. The molecule has 0 aromatic carbocycles. The molecule has 0 saturated heterocycles. The van der Waals surface area contributed by atoms with Crippen LogP contribution in [0.15, 0.2) is 0 Å². The molecule has 0 unspecified atom stereocenters. The quantitative estimate of drug-likeness (QED) is 0.403. The molecule has 0 atom stereocenters. The molecule has 0 amide bonds. The molecule has 0 aromatic heterocycles. The average Bonchev–Trinajstić information content (AvgIpc) is 1.37. The van der Waals surface area contributed by atoms with Crippen LogP contribution in [-0.2, 0) is 24.3 Å². The molecule has 0 aliphatic rings. The monoisotopic (exact) mass is 160 g/mol. The van der Waals surface area contributed by atoms with Gasteiger partial charge in [-0.2, -0.15) is 6.42 Å². The second kappa shape index (κ2) is 8.85. The van der Waals surface area contributed by atoms with Crippen LogP contribution in [0.2, 0.25) is 0 Å². The molecule has 2 heteroatoms. The van der Waals surface area contributed by atoms with Crippen LogP contribution in [0.25, 0.3) is 0 Å². The molecule has 0 aromatic rings. The van der Waals surface area contributed by atoms with Gasteiger partial charge in [-0.15, -0.1) is 0 Å². The van der Waals surface area contributed by atoms with E-state index in [9.17, 15) is 0 Å². The Hall–Kier alpha value is 0.293. The fourth-order valence-corrected chi connectivity index (χ4v) is 0. The molecule has 1 nitrogen and oxygen atoms in total. The van der Waals surface area contributed by atoms with E-state index in [1.807, 2.05) is 0 Å². The number of rotatable bonds is 1. The summed E-state index contributed by atoms with van der Waals surface area (Å²) in [4.78, 5) is 9.05. The Bertz CT molecular complexity index is 20.9. The molecule has 0 rings (SSSR count). The van der Waals surface area contributed by atoms with Crippen molar-refractivity contribution < 1.29 is 24.3 Å². The predicted molar refractivity (Wildman–Crippen MR) is 16.0 cm³/mol. The van der Waals surface area contributed by atoms with E-state index in [1.165, 1.54) is 0 Å². The molecule has 0 aliphatic heterocycles. The molecule has 0 bridgehead atoms. The minimum atomic E-state index is 0. The second-order valence-electron chi connectivity index (χ2n) is 0.498. The van der Waals surface area contributed by atoms with Crippen molar-refractivity contribution in [2.75, 3.05) is 0 Å². The first-order valence-corrected chi connectivity index (χ1v) is 1.26. The van der Waals surface area contributed by atoms with Gasteiger partial charge in [0.2, 0.25) is 0 Å². The normalized spacial score (nSPS) is 5.00. The Kier molecular flexibility index (Phi) is 15.9. The van der Waals surface area contributed by atoms with Crippen molar-refractivity contribution in [3.63, 3.8) is 0 Å². The molecule has 33 valence electrons. The fourth-order valence-electron chi connectivity index (χ4n) is 0. The van der Waals surface area contributed by atoms with Crippen LogP contribution in [0.1, 0.15) is 13.3 Å². The van der Waals surface area contributed by atoms with Crippen molar-refractivity contribution >= 4 is 6.29 Å². The van der Waals surface area contributed by atoms with E-state index < -0.39 is 0 Å². The van der Waals surface area contributed by atoms with Gasteiger partial charge in [-0.3, -0.25) is 6.29 Å². The van der Waals surface area contributed by atoms with Gasteiger partial charge < -0.3 is 4.79 Å². The molecule has 0 N–H and O–H groups in total. The summed E-state index contributed by atoms with van der Waals surface area (Å²) < 4.78 is 0. The minimum absolute atomic E-state index is 0. The molecular formula is C3H5ORh-. The standard InChI is InChI=1S/C3H5O.Rh/c1-2-3-4;/h2H2,1H3;/q-1;. The molecule has 0 fully saturated rings. The Morgan fingerprint density at radius 2 is 2.00 bits per heavy atom. The largest absolute Gasteiger partial charge is 0.542 e. The summed E-state index contributed by atoms with van der Waals surface area (Å²) >= 11 is 0. The van der Waals surface area contributed by atoms with E-state index in [1.54, 1.807) is 13.2 Å². The predicted octanol–water partition coefficient (Wildman–Crippen LogP) is 0.504. The summed E-state index contributed by atoms with van der Waals surface area (Å²) in [5.41, 5.74) is 0. The van der Waals surface area contributed by atoms with Crippen LogP contribution in [0, 0.1) is 0 Å². The van der Waals surface area contributed by atoms with E-state index in [2.05, 4.69) is 0 Å². The molecule has 0 heterocycles. The van der Waals surface area contributed by atoms with Gasteiger partial charge in [-0.05, 0) is 0 Å². The van der Waals surface area contributed by atoms with E-state index in [0.717, 1.165) is 0 Å². The molecule has 0 aliphatic carbocycles. The van der Waals surface area contributed by atoms with Gasteiger partial charge in [0, 0.05) is 19.5 Å². The third-order valence-corrected chi connectivity index (χ3v) is 0.144. The van der Waals surface area contributed by atoms with Gasteiger partial charge in [-0.25, -0.2) is 0 Å². The Morgan fingerprint density at radius 3 is 2.00 bits per heavy atom. The molecule has 5 heavy (non-hydrogen) atoms. The van der Waals surface area contributed by atoms with Crippen LogP contribution in [0.4, 0.5) is 0 Å². The third-order valence-electron chi connectivity index (χ3n) is 0.144. The van der Waals surface area contributed by atoms with Gasteiger partial charge in [0.05, 0.1) is 0 Å². The van der Waals surface area contributed by atoms with Gasteiger partial charge in [0.25, 0.3) is 0 Å². The van der Waals surface area contributed by atoms with Crippen molar-refractivity contribution in [1.82, 2.24) is 0 Å². The van der Waals surface area contributed by atoms with Gasteiger partial charge in [0.1, 0.15) is 0 Å². The maximum absolute atomic E-state index is 9.05. The van der Waals surface area contributed by atoms with Gasteiger partial charge in [-0.1, -0.05) is 6.92 Å². The Labute approximate surface area is 44.5 Å². The van der Waals surface area contributed by atoms with Gasteiger partial charge in [0.15, 0.2) is 0 Å².